The molecular weight excluding hydrogens is 1210 g/mol. The van der Waals surface area contributed by atoms with Gasteiger partial charge in [0, 0.05) is 0 Å². The summed E-state index contributed by atoms with van der Waals surface area (Å²) in [6.07, 6.45) is 67.0. The van der Waals surface area contributed by atoms with Crippen molar-refractivity contribution in [2.45, 2.75) is 371 Å². The Bertz CT molecular complexity index is 2300. The van der Waals surface area contributed by atoms with Gasteiger partial charge in [0.25, 0.3) is 0 Å². The van der Waals surface area contributed by atoms with Gasteiger partial charge in [-0.1, -0.05) is 347 Å². The van der Waals surface area contributed by atoms with E-state index in [-0.39, 0.29) is 58.7 Å². The molecule has 0 heterocycles. The Morgan fingerprint density at radius 2 is 0.459 bits per heavy atom. The van der Waals surface area contributed by atoms with E-state index in [2.05, 4.69) is 64.1 Å². The fraction of sp³-hybridized carbons (Fsp3) is 0.737. The molecule has 4 aromatic carbocycles. The molecule has 9 heteroatoms. The molecule has 0 unspecified atom stereocenters. The van der Waals surface area contributed by atoms with E-state index in [1.807, 2.05) is 0 Å². The minimum absolute atomic E-state index is 0. The van der Waals surface area contributed by atoms with Gasteiger partial charge in [-0.15, -0.1) is 0 Å². The molecule has 0 N–H and O–H groups in total. The molecule has 4 rings (SSSR count). The van der Waals surface area contributed by atoms with Crippen molar-refractivity contribution in [1.29, 1.82) is 0 Å². The van der Waals surface area contributed by atoms with Crippen molar-refractivity contribution in [3.8, 4) is 0 Å². The Kier molecular flexibility index (Phi) is 49.3. The third-order valence-electron chi connectivity index (χ3n) is 18.0. The average molecular weight is 1340 g/mol. The van der Waals surface area contributed by atoms with Crippen LogP contribution < -0.4 is 0 Å². The third-order valence-corrected chi connectivity index (χ3v) is 19.6. The SMILES string of the molecule is CCCCCCCCCCCCCCc1ccc2c(CCCCCCCCCCCCCC)cc(S(=O)(=O)[O-])cc2c1.CCCCCCCCCCCCCCc1ccc2c(CCCCCCCCCCCCCC)cc(S(=O)(=O)[O-])cc2c1.[Ba+2]. The van der Waals surface area contributed by atoms with Gasteiger partial charge in [0.05, 0.1) is 9.79 Å². The first-order valence-electron chi connectivity index (χ1n) is 35.9. The molecule has 6 nitrogen and oxygen atoms in total. The molecule has 0 bridgehead atoms. The van der Waals surface area contributed by atoms with Crippen LogP contribution in [0, 0.1) is 0 Å². The molecule has 0 saturated heterocycles. The molecule has 0 amide bonds. The smallest absolute Gasteiger partial charge is 0.744 e. The van der Waals surface area contributed by atoms with Crippen LogP contribution in [-0.2, 0) is 45.9 Å². The Morgan fingerprint density at radius 1 is 0.259 bits per heavy atom. The van der Waals surface area contributed by atoms with Crippen LogP contribution in [0.4, 0.5) is 0 Å². The van der Waals surface area contributed by atoms with Crippen LogP contribution in [-0.4, -0.2) is 74.8 Å². The van der Waals surface area contributed by atoms with Crippen LogP contribution >= 0.6 is 0 Å². The van der Waals surface area contributed by atoms with Crippen LogP contribution in [0.1, 0.15) is 358 Å². The largest absolute Gasteiger partial charge is 2.00 e. The molecule has 0 aliphatic rings. The zero-order chi connectivity index (χ0) is 60.6. The molecule has 0 fully saturated rings. The maximum atomic E-state index is 11.9. The summed E-state index contributed by atoms with van der Waals surface area (Å²) in [5, 5.41) is 4.00. The standard InChI is InChI=1S/2C38H64O3S.Ba/c2*1-3-5-7-9-11-13-15-17-19-21-23-25-27-34-29-30-38-35(32-37(42(39,40)41)33-36(38)31-34)28-26-24-22-20-18-16-14-12-10-8-6-4-2;/h2*29-33H,3-28H2,1-2H3,(H,39,40,41);/q;;+2/p-2. The number of unbranched alkanes of at least 4 members (excludes halogenated alkanes) is 44. The van der Waals surface area contributed by atoms with Gasteiger partial charge in [-0.25, -0.2) is 16.8 Å². The summed E-state index contributed by atoms with van der Waals surface area (Å²) < 4.78 is 71.6. The van der Waals surface area contributed by atoms with Gasteiger partial charge in [-0.05, 0) is 119 Å². The molecule has 0 aliphatic heterocycles. The Labute approximate surface area is 565 Å². The van der Waals surface area contributed by atoms with Crippen molar-refractivity contribution in [2.24, 2.45) is 0 Å². The molecule has 0 aromatic heterocycles. The van der Waals surface area contributed by atoms with E-state index in [0.717, 1.165) is 96.9 Å². The predicted octanol–water partition coefficient (Wildman–Crippen LogP) is 24.1. The zero-order valence-electron chi connectivity index (χ0n) is 55.5. The molecule has 0 radical (unpaired) electrons. The van der Waals surface area contributed by atoms with Crippen LogP contribution in [0.25, 0.3) is 21.5 Å². The minimum atomic E-state index is -4.48. The van der Waals surface area contributed by atoms with Gasteiger partial charge in [0.2, 0.25) is 0 Å². The van der Waals surface area contributed by atoms with Crippen molar-refractivity contribution in [3.05, 3.63) is 82.9 Å². The van der Waals surface area contributed by atoms with Crippen molar-refractivity contribution < 1.29 is 25.9 Å². The summed E-state index contributed by atoms with van der Waals surface area (Å²) in [6.45, 7) is 9.08. The van der Waals surface area contributed by atoms with Crippen molar-refractivity contribution in [1.82, 2.24) is 0 Å². The second kappa shape index (κ2) is 52.4. The molecule has 0 atom stereocenters. The van der Waals surface area contributed by atoms with E-state index in [1.165, 1.54) is 281 Å². The van der Waals surface area contributed by atoms with Crippen LogP contribution in [0.2, 0.25) is 0 Å². The van der Waals surface area contributed by atoms with E-state index < -0.39 is 20.2 Å². The maximum absolute atomic E-state index is 11.9. The topological polar surface area (TPSA) is 114 Å². The molecule has 0 aliphatic carbocycles. The number of aryl methyl sites for hydroxylation is 4. The van der Waals surface area contributed by atoms with Gasteiger partial charge >= 0.3 is 48.9 Å². The van der Waals surface area contributed by atoms with E-state index in [9.17, 15) is 25.9 Å². The van der Waals surface area contributed by atoms with E-state index in [4.69, 9.17) is 0 Å². The second-order valence-corrected chi connectivity index (χ2v) is 28.5. The summed E-state index contributed by atoms with van der Waals surface area (Å²) in [6, 6.07) is 19.4. The second-order valence-electron chi connectivity index (χ2n) is 25.7. The zero-order valence-corrected chi connectivity index (χ0v) is 61.6. The molecular formula is C76H126BaO6S2. The van der Waals surface area contributed by atoms with Crippen molar-refractivity contribution in [3.63, 3.8) is 0 Å². The summed E-state index contributed by atoms with van der Waals surface area (Å²) in [5.74, 6) is 0. The molecule has 480 valence electrons. The Hall–Kier alpha value is -1.21. The maximum Gasteiger partial charge on any atom is 2.00 e. The third kappa shape index (κ3) is 39.6. The Morgan fingerprint density at radius 3 is 0.671 bits per heavy atom. The van der Waals surface area contributed by atoms with Crippen molar-refractivity contribution in [2.75, 3.05) is 0 Å². The summed E-state index contributed by atoms with van der Waals surface area (Å²) >= 11 is 0. The van der Waals surface area contributed by atoms with E-state index in [0.29, 0.717) is 0 Å². The molecule has 0 spiro atoms. The minimum Gasteiger partial charge on any atom is -0.744 e. The van der Waals surface area contributed by atoms with E-state index >= 15 is 0 Å². The first-order valence-corrected chi connectivity index (χ1v) is 38.8. The molecule has 85 heavy (non-hydrogen) atoms. The summed E-state index contributed by atoms with van der Waals surface area (Å²) in [4.78, 5) is -0.155. The van der Waals surface area contributed by atoms with Crippen molar-refractivity contribution >= 4 is 90.7 Å². The molecule has 4 aromatic rings. The fourth-order valence-electron chi connectivity index (χ4n) is 12.6. The monoisotopic (exact) mass is 1340 g/mol. The molecule has 0 saturated carbocycles. The van der Waals surface area contributed by atoms with Crippen LogP contribution in [0.15, 0.2) is 70.5 Å². The number of fused-ring (bicyclic) bond motifs is 2. The Balaban J connectivity index is 0.000000573. The van der Waals surface area contributed by atoms with Crippen LogP contribution in [0.3, 0.4) is 0 Å². The van der Waals surface area contributed by atoms with E-state index in [1.54, 1.807) is 24.3 Å². The quantitative estimate of drug-likeness (QED) is 0.0247. The number of hydrogen-bond acceptors (Lipinski definition) is 6. The summed E-state index contributed by atoms with van der Waals surface area (Å²) in [7, 11) is -8.95. The fourth-order valence-corrected chi connectivity index (χ4v) is 13.7. The van der Waals surface area contributed by atoms with Gasteiger partial charge in [0.15, 0.2) is 0 Å². The first kappa shape index (κ1) is 79.9. The average Bonchev–Trinajstić information content (AvgIpc) is 2.92. The normalized spacial score (nSPS) is 11.8. The van der Waals surface area contributed by atoms with Gasteiger partial charge in [-0.2, -0.15) is 0 Å². The van der Waals surface area contributed by atoms with Crippen LogP contribution in [0.5, 0.6) is 0 Å². The number of hydrogen-bond donors (Lipinski definition) is 0. The number of benzene rings is 4. The summed E-state index contributed by atoms with van der Waals surface area (Å²) in [5.41, 5.74) is 4.49. The van der Waals surface area contributed by atoms with Gasteiger partial charge in [0.1, 0.15) is 20.2 Å². The predicted molar refractivity (Wildman–Crippen MR) is 369 cm³/mol. The van der Waals surface area contributed by atoms with Gasteiger partial charge in [-0.3, -0.25) is 0 Å². The van der Waals surface area contributed by atoms with Gasteiger partial charge < -0.3 is 9.11 Å². The first-order chi connectivity index (χ1) is 40.9. The number of rotatable bonds is 54.